The van der Waals surface area contributed by atoms with Crippen molar-refractivity contribution in [3.05, 3.63) is 10.1 Å². The maximum Gasteiger partial charge on any atom is 0.211 e. The third kappa shape index (κ3) is 5.55. The number of nitrogens with zero attached hydrogens (tertiary/aromatic N) is 1. The van der Waals surface area contributed by atoms with Crippen LogP contribution >= 0.6 is 15.9 Å². The van der Waals surface area contributed by atoms with Gasteiger partial charge in [-0.15, -0.1) is 0 Å². The van der Waals surface area contributed by atoms with E-state index in [1.54, 1.807) is 0 Å². The Morgan fingerprint density at radius 3 is 2.38 bits per heavy atom. The van der Waals surface area contributed by atoms with Crippen molar-refractivity contribution in [2.45, 2.75) is 6.42 Å². The molecule has 0 aromatic heterocycles. The first-order valence-corrected chi connectivity index (χ1v) is 2.72. The molecule has 8 heavy (non-hydrogen) atoms. The average molecular weight is 182 g/mol. The van der Waals surface area contributed by atoms with Crippen molar-refractivity contribution in [3.63, 3.8) is 0 Å². The van der Waals surface area contributed by atoms with Gasteiger partial charge in [-0.3, -0.25) is 14.9 Å². The van der Waals surface area contributed by atoms with Gasteiger partial charge in [0, 0.05) is 4.92 Å². The van der Waals surface area contributed by atoms with Gasteiger partial charge in [0.25, 0.3) is 0 Å². The number of halogens is 1. The largest absolute Gasteiger partial charge is 0.286 e. The Kier molecular flexibility index (Phi) is 3.34. The molecule has 0 radical (unpaired) electrons. The second-order valence-electron chi connectivity index (χ2n) is 1.16. The molecular weight excluding hydrogens is 178 g/mol. The minimum atomic E-state index is -0.529. The quantitative estimate of drug-likeness (QED) is 0.364. The lowest BCUT2D eigenvalue weighted by Crippen LogP contribution is -2.02. The highest BCUT2D eigenvalue weighted by atomic mass is 79.9. The summed E-state index contributed by atoms with van der Waals surface area (Å²) >= 11 is 2.56. The lowest BCUT2D eigenvalue weighted by atomic mass is 10.5. The fraction of sp³-hybridized carbons (Fsp3) is 0.667. The highest BCUT2D eigenvalue weighted by Gasteiger charge is 2.00. The molecule has 0 rings (SSSR count). The van der Waals surface area contributed by atoms with E-state index in [9.17, 15) is 14.9 Å². The molecular formula is C3H4BrNO3. The van der Waals surface area contributed by atoms with Crippen molar-refractivity contribution in [2.75, 3.05) is 6.54 Å². The van der Waals surface area contributed by atoms with Crippen LogP contribution in [0, 0.1) is 10.1 Å². The van der Waals surface area contributed by atoms with Crippen LogP contribution in [-0.2, 0) is 4.79 Å². The molecule has 0 unspecified atom stereocenters. The van der Waals surface area contributed by atoms with Crippen LogP contribution in [0.2, 0.25) is 0 Å². The van der Waals surface area contributed by atoms with Gasteiger partial charge in [-0.2, -0.15) is 0 Å². The van der Waals surface area contributed by atoms with Gasteiger partial charge in [0.05, 0.1) is 6.42 Å². The standard InChI is InChI=1S/C3H4BrNO3/c4-3(6)1-2-5(7)8/h1-2H2. The molecule has 5 heteroatoms. The third-order valence-electron chi connectivity index (χ3n) is 0.491. The minimum absolute atomic E-state index is 0.0347. The van der Waals surface area contributed by atoms with Crippen LogP contribution in [0.1, 0.15) is 6.42 Å². The Bertz CT molecular complexity index is 99.1. The Morgan fingerprint density at radius 2 is 2.25 bits per heavy atom. The highest BCUT2D eigenvalue weighted by Crippen LogP contribution is 1.90. The summed E-state index contributed by atoms with van der Waals surface area (Å²) in [6.07, 6.45) is -0.0347. The minimum Gasteiger partial charge on any atom is -0.286 e. The summed E-state index contributed by atoms with van der Waals surface area (Å²) in [5.41, 5.74) is 0. The van der Waals surface area contributed by atoms with E-state index >= 15 is 0 Å². The van der Waals surface area contributed by atoms with Crippen molar-refractivity contribution in [2.24, 2.45) is 0 Å². The van der Waals surface area contributed by atoms with Crippen LogP contribution in [0.15, 0.2) is 0 Å². The summed E-state index contributed by atoms with van der Waals surface area (Å²) in [6.45, 7) is -0.288. The maximum absolute atomic E-state index is 9.96. The number of hydrogen-bond acceptors (Lipinski definition) is 3. The second kappa shape index (κ2) is 3.54. The van der Waals surface area contributed by atoms with Crippen LogP contribution in [0.4, 0.5) is 0 Å². The van der Waals surface area contributed by atoms with Crippen molar-refractivity contribution < 1.29 is 9.72 Å². The van der Waals surface area contributed by atoms with E-state index in [2.05, 4.69) is 15.9 Å². The molecule has 0 aliphatic carbocycles. The molecule has 46 valence electrons. The van der Waals surface area contributed by atoms with E-state index in [-0.39, 0.29) is 17.7 Å². The molecule has 0 fully saturated rings. The van der Waals surface area contributed by atoms with Crippen molar-refractivity contribution in [1.29, 1.82) is 0 Å². The van der Waals surface area contributed by atoms with Crippen LogP contribution in [0.25, 0.3) is 0 Å². The first-order chi connectivity index (χ1) is 3.63. The van der Waals surface area contributed by atoms with E-state index in [1.165, 1.54) is 0 Å². The van der Waals surface area contributed by atoms with E-state index in [0.717, 1.165) is 0 Å². The molecule has 0 atom stereocenters. The highest BCUT2D eigenvalue weighted by molar-refractivity contribution is 9.18. The van der Waals surface area contributed by atoms with Gasteiger partial charge in [0.1, 0.15) is 0 Å². The first kappa shape index (κ1) is 7.55. The zero-order chi connectivity index (χ0) is 6.57. The van der Waals surface area contributed by atoms with Crippen molar-refractivity contribution >= 4 is 20.6 Å². The summed E-state index contributed by atoms with van der Waals surface area (Å²) < 4.78 is -0.325. The first-order valence-electron chi connectivity index (χ1n) is 1.93. The summed E-state index contributed by atoms with van der Waals surface area (Å²) in [4.78, 5) is 19.0. The maximum atomic E-state index is 9.96. The predicted octanol–water partition coefficient (Wildman–Crippen LogP) is 0.575. The van der Waals surface area contributed by atoms with E-state index in [0.29, 0.717) is 0 Å². The normalized spacial score (nSPS) is 8.62. The third-order valence-corrected chi connectivity index (χ3v) is 0.887. The number of rotatable bonds is 3. The number of nitro groups is 1. The fourth-order valence-corrected chi connectivity index (χ4v) is 0.357. The van der Waals surface area contributed by atoms with Gasteiger partial charge < -0.3 is 0 Å². The zero-order valence-electron chi connectivity index (χ0n) is 3.96. The monoisotopic (exact) mass is 181 g/mol. The summed E-state index contributed by atoms with van der Waals surface area (Å²) in [6, 6.07) is 0. The topological polar surface area (TPSA) is 60.2 Å². The summed E-state index contributed by atoms with van der Waals surface area (Å²) in [7, 11) is 0. The number of hydrogen-bond donors (Lipinski definition) is 0. The van der Waals surface area contributed by atoms with Crippen molar-refractivity contribution in [3.8, 4) is 0 Å². The average Bonchev–Trinajstić information content (AvgIpc) is 1.61. The fourth-order valence-electron chi connectivity index (χ4n) is 0.179. The molecule has 0 amide bonds. The van der Waals surface area contributed by atoms with Gasteiger partial charge in [-0.25, -0.2) is 0 Å². The Hall–Kier alpha value is -0.450. The van der Waals surface area contributed by atoms with Crippen LogP contribution < -0.4 is 0 Å². The number of carbonyl (C=O) groups excluding carboxylic acids is 1. The predicted molar refractivity (Wildman–Crippen MR) is 30.4 cm³/mol. The molecule has 0 spiro atoms. The Morgan fingerprint density at radius 1 is 1.75 bits per heavy atom. The smallest absolute Gasteiger partial charge is 0.211 e. The second-order valence-corrected chi connectivity index (χ2v) is 2.05. The lowest BCUT2D eigenvalue weighted by Gasteiger charge is -1.84. The Labute approximate surface area is 54.2 Å². The molecule has 0 saturated carbocycles. The molecule has 0 N–H and O–H groups in total. The SMILES string of the molecule is O=C(Br)CC[N+](=O)[O-]. The van der Waals surface area contributed by atoms with E-state index in [1.807, 2.05) is 0 Å². The van der Waals surface area contributed by atoms with Gasteiger partial charge in [0.15, 0.2) is 0 Å². The van der Waals surface area contributed by atoms with Crippen LogP contribution in [-0.4, -0.2) is 16.2 Å². The molecule has 0 aromatic rings. The molecule has 0 bridgehead atoms. The van der Waals surface area contributed by atoms with Gasteiger partial charge >= 0.3 is 0 Å². The van der Waals surface area contributed by atoms with Crippen LogP contribution in [0.3, 0.4) is 0 Å². The van der Waals surface area contributed by atoms with Gasteiger partial charge in [0.2, 0.25) is 11.2 Å². The molecule has 4 nitrogen and oxygen atoms in total. The molecule has 0 aliphatic rings. The molecule has 0 heterocycles. The van der Waals surface area contributed by atoms with Gasteiger partial charge in [-0.1, -0.05) is 0 Å². The molecule has 0 saturated heterocycles. The summed E-state index contributed by atoms with van der Waals surface area (Å²) in [5.74, 6) is 0. The van der Waals surface area contributed by atoms with Crippen LogP contribution in [0.5, 0.6) is 0 Å². The lowest BCUT2D eigenvalue weighted by molar-refractivity contribution is -0.478. The molecule has 0 aliphatic heterocycles. The summed E-state index contributed by atoms with van der Waals surface area (Å²) in [5, 5.41) is 9.54. The van der Waals surface area contributed by atoms with E-state index in [4.69, 9.17) is 0 Å². The molecule has 0 aromatic carbocycles. The zero-order valence-corrected chi connectivity index (χ0v) is 5.55. The number of carbonyl (C=O) groups is 1. The Balaban J connectivity index is 3.18. The van der Waals surface area contributed by atoms with E-state index < -0.39 is 4.92 Å². The van der Waals surface area contributed by atoms with Gasteiger partial charge in [-0.05, 0) is 15.9 Å². The van der Waals surface area contributed by atoms with Crippen molar-refractivity contribution in [1.82, 2.24) is 0 Å².